The highest BCUT2D eigenvalue weighted by molar-refractivity contribution is 9.10. The number of benzene rings is 2. The minimum absolute atomic E-state index is 0.0735. The summed E-state index contributed by atoms with van der Waals surface area (Å²) in [5, 5.41) is 12.0. The molecule has 6 heteroatoms. The van der Waals surface area contributed by atoms with E-state index in [9.17, 15) is 9.59 Å². The van der Waals surface area contributed by atoms with Gasteiger partial charge in [0.2, 0.25) is 5.91 Å². The van der Waals surface area contributed by atoms with E-state index in [-0.39, 0.29) is 17.4 Å². The van der Waals surface area contributed by atoms with E-state index in [1.54, 1.807) is 0 Å². The van der Waals surface area contributed by atoms with Crippen molar-refractivity contribution in [1.82, 2.24) is 0 Å². The Labute approximate surface area is 147 Å². The Morgan fingerprint density at radius 3 is 2.65 bits per heavy atom. The Kier molecular flexibility index (Phi) is 5.80. The molecule has 0 aliphatic rings. The van der Waals surface area contributed by atoms with E-state index in [2.05, 4.69) is 21.2 Å². The van der Waals surface area contributed by atoms with Crippen molar-refractivity contribution in [1.29, 1.82) is 0 Å². The highest BCUT2D eigenvalue weighted by Gasteiger charge is 2.16. The van der Waals surface area contributed by atoms with Crippen molar-refractivity contribution in [3.05, 3.63) is 63.1 Å². The number of anilines is 1. The van der Waals surface area contributed by atoms with Crippen molar-refractivity contribution in [3.63, 3.8) is 0 Å². The summed E-state index contributed by atoms with van der Waals surface area (Å²) < 4.78 is 0.958. The molecule has 0 bridgehead atoms. The first-order chi connectivity index (χ1) is 10.9. The molecule has 0 radical (unpaired) electrons. The lowest BCUT2D eigenvalue weighted by Gasteiger charge is -2.14. The monoisotopic (exact) mass is 395 g/mol. The number of amides is 1. The Morgan fingerprint density at radius 1 is 1.26 bits per heavy atom. The van der Waals surface area contributed by atoms with E-state index >= 15 is 0 Å². The van der Waals surface area contributed by atoms with Crippen molar-refractivity contribution in [2.75, 3.05) is 5.32 Å². The molecule has 2 aromatic carbocycles. The number of carbonyl (C=O) groups is 2. The lowest BCUT2D eigenvalue weighted by Crippen LogP contribution is -2.22. The van der Waals surface area contributed by atoms with Gasteiger partial charge in [-0.15, -0.1) is 0 Å². The normalized spacial score (nSPS) is 11.8. The van der Waals surface area contributed by atoms with E-state index < -0.39 is 5.97 Å². The molecule has 120 valence electrons. The van der Waals surface area contributed by atoms with Gasteiger partial charge in [-0.05, 0) is 42.3 Å². The van der Waals surface area contributed by atoms with Gasteiger partial charge in [-0.2, -0.15) is 0 Å². The molecule has 0 fully saturated rings. The molecule has 2 rings (SSSR count). The molecule has 2 N–H and O–H groups in total. The third-order valence-corrected chi connectivity index (χ3v) is 4.17. The molecule has 0 aliphatic carbocycles. The minimum Gasteiger partial charge on any atom is -0.478 e. The van der Waals surface area contributed by atoms with Gasteiger partial charge < -0.3 is 10.4 Å². The average Bonchev–Trinajstić information content (AvgIpc) is 2.49. The molecule has 1 atom stereocenters. The van der Waals surface area contributed by atoms with Gasteiger partial charge >= 0.3 is 5.97 Å². The van der Waals surface area contributed by atoms with Crippen LogP contribution >= 0.6 is 27.5 Å². The fraction of sp³-hybridized carbons (Fsp3) is 0.176. The summed E-state index contributed by atoms with van der Waals surface area (Å²) in [5.41, 5.74) is 1.41. The van der Waals surface area contributed by atoms with Crippen LogP contribution in [-0.2, 0) is 11.2 Å². The fourth-order valence-electron chi connectivity index (χ4n) is 2.12. The van der Waals surface area contributed by atoms with Crippen LogP contribution in [0.4, 0.5) is 5.69 Å². The second kappa shape index (κ2) is 7.62. The van der Waals surface area contributed by atoms with Crippen LogP contribution in [0.5, 0.6) is 0 Å². The van der Waals surface area contributed by atoms with Crippen molar-refractivity contribution in [2.45, 2.75) is 13.3 Å². The summed E-state index contributed by atoms with van der Waals surface area (Å²) in [4.78, 5) is 23.3. The maximum absolute atomic E-state index is 12.3. The Hall–Kier alpha value is -1.85. The molecule has 0 saturated carbocycles. The second-order valence-corrected chi connectivity index (χ2v) is 6.55. The van der Waals surface area contributed by atoms with Crippen LogP contribution in [0.3, 0.4) is 0 Å². The van der Waals surface area contributed by atoms with Crippen molar-refractivity contribution in [3.8, 4) is 0 Å². The van der Waals surface area contributed by atoms with E-state index in [0.29, 0.717) is 17.1 Å². The molecule has 0 heterocycles. The van der Waals surface area contributed by atoms with Gasteiger partial charge in [0.25, 0.3) is 0 Å². The van der Waals surface area contributed by atoms with Gasteiger partial charge in [-0.1, -0.05) is 46.6 Å². The fourth-order valence-corrected chi connectivity index (χ4v) is 2.73. The molecule has 1 unspecified atom stereocenters. The van der Waals surface area contributed by atoms with Gasteiger partial charge in [-0.25, -0.2) is 4.79 Å². The van der Waals surface area contributed by atoms with Gasteiger partial charge in [0.1, 0.15) is 0 Å². The highest BCUT2D eigenvalue weighted by Crippen LogP contribution is 2.24. The number of nitrogens with one attached hydrogen (secondary N) is 1. The Morgan fingerprint density at radius 2 is 2.00 bits per heavy atom. The average molecular weight is 397 g/mol. The minimum atomic E-state index is -1.07. The summed E-state index contributed by atoms with van der Waals surface area (Å²) in [5.74, 6) is -1.57. The summed E-state index contributed by atoms with van der Waals surface area (Å²) in [7, 11) is 0. The molecule has 2 aromatic rings. The molecular weight excluding hydrogens is 382 g/mol. The van der Waals surface area contributed by atoms with Gasteiger partial charge in [-0.3, -0.25) is 4.79 Å². The molecule has 0 spiro atoms. The van der Waals surface area contributed by atoms with Crippen molar-refractivity contribution >= 4 is 45.1 Å². The topological polar surface area (TPSA) is 66.4 Å². The number of carboxylic acid groups (broad SMARTS) is 1. The first kappa shape index (κ1) is 17.5. The van der Waals surface area contributed by atoms with E-state index in [0.717, 1.165) is 10.0 Å². The smallest absolute Gasteiger partial charge is 0.335 e. The number of carboxylic acids is 1. The predicted octanol–water partition coefficient (Wildman–Crippen LogP) is 4.62. The van der Waals surface area contributed by atoms with Crippen LogP contribution in [0.1, 0.15) is 22.8 Å². The number of carbonyl (C=O) groups excluding carboxylic acids is 1. The lowest BCUT2D eigenvalue weighted by molar-refractivity contribution is -0.119. The molecule has 0 aromatic heterocycles. The zero-order chi connectivity index (χ0) is 17.0. The summed E-state index contributed by atoms with van der Waals surface area (Å²) in [6.45, 7) is 1.81. The van der Waals surface area contributed by atoms with Crippen LogP contribution in [-0.4, -0.2) is 17.0 Å². The molecule has 23 heavy (non-hydrogen) atoms. The SMILES string of the molecule is CC(Cc1cccc(Br)c1)C(=O)Nc1cc(C(=O)O)ccc1Cl. The maximum atomic E-state index is 12.3. The molecular formula is C17H15BrClNO3. The molecule has 0 saturated heterocycles. The second-order valence-electron chi connectivity index (χ2n) is 5.22. The maximum Gasteiger partial charge on any atom is 0.335 e. The number of hydrogen-bond acceptors (Lipinski definition) is 2. The Bertz CT molecular complexity index is 748. The van der Waals surface area contributed by atoms with Crippen LogP contribution in [0.15, 0.2) is 46.9 Å². The quantitative estimate of drug-likeness (QED) is 0.775. The van der Waals surface area contributed by atoms with Gasteiger partial charge in [0.15, 0.2) is 0 Å². The number of halogens is 2. The van der Waals surface area contributed by atoms with Crippen molar-refractivity contribution in [2.24, 2.45) is 5.92 Å². The third kappa shape index (κ3) is 4.81. The lowest BCUT2D eigenvalue weighted by atomic mass is 10.0. The van der Waals surface area contributed by atoms with E-state index in [4.69, 9.17) is 16.7 Å². The third-order valence-electron chi connectivity index (χ3n) is 3.35. The van der Waals surface area contributed by atoms with Gasteiger partial charge in [0, 0.05) is 10.4 Å². The number of hydrogen-bond donors (Lipinski definition) is 2. The highest BCUT2D eigenvalue weighted by atomic mass is 79.9. The standard InChI is InChI=1S/C17H15BrClNO3/c1-10(7-11-3-2-4-13(18)8-11)16(21)20-15-9-12(17(22)23)5-6-14(15)19/h2-6,8-10H,7H2,1H3,(H,20,21)(H,22,23). The summed E-state index contributed by atoms with van der Waals surface area (Å²) in [6, 6.07) is 12.0. The van der Waals surface area contributed by atoms with Crippen molar-refractivity contribution < 1.29 is 14.7 Å². The first-order valence-electron chi connectivity index (χ1n) is 6.95. The molecule has 0 aliphatic heterocycles. The first-order valence-corrected chi connectivity index (χ1v) is 8.12. The largest absolute Gasteiger partial charge is 0.478 e. The zero-order valence-corrected chi connectivity index (χ0v) is 14.7. The number of aromatic carboxylic acids is 1. The van der Waals surface area contributed by atoms with Gasteiger partial charge in [0.05, 0.1) is 16.3 Å². The van der Waals surface area contributed by atoms with Crippen LogP contribution < -0.4 is 5.32 Å². The predicted molar refractivity (Wildman–Crippen MR) is 94.1 cm³/mol. The van der Waals surface area contributed by atoms with Crippen LogP contribution in [0.2, 0.25) is 5.02 Å². The Balaban J connectivity index is 2.09. The number of rotatable bonds is 5. The van der Waals surface area contributed by atoms with Crippen LogP contribution in [0.25, 0.3) is 0 Å². The van der Waals surface area contributed by atoms with E-state index in [1.807, 2.05) is 31.2 Å². The van der Waals surface area contributed by atoms with Crippen LogP contribution in [0, 0.1) is 5.92 Å². The van der Waals surface area contributed by atoms with E-state index in [1.165, 1.54) is 18.2 Å². The summed E-state index contributed by atoms with van der Waals surface area (Å²) in [6.07, 6.45) is 0.571. The summed E-state index contributed by atoms with van der Waals surface area (Å²) >= 11 is 9.42. The molecule has 4 nitrogen and oxygen atoms in total. The zero-order valence-electron chi connectivity index (χ0n) is 12.3. The molecule has 1 amide bonds.